The van der Waals surface area contributed by atoms with Gasteiger partial charge in [0.1, 0.15) is 17.3 Å². The number of hydrogen-bond acceptors (Lipinski definition) is 4. The SMILES string of the molecule is NC(CC(=O)N1CCn2cc(C(=O)C3CC3)nc2C1)Cc1cc(F)c(F)cc1F. The Kier molecular flexibility index (Phi) is 5.16. The fraction of sp³-hybridized carbons (Fsp3) is 0.450. The molecule has 9 heteroatoms. The van der Waals surface area contributed by atoms with Gasteiger partial charge >= 0.3 is 0 Å². The lowest BCUT2D eigenvalue weighted by atomic mass is 10.0. The predicted octanol–water partition coefficient (Wildman–Crippen LogP) is 2.20. The molecule has 29 heavy (non-hydrogen) atoms. The lowest BCUT2D eigenvalue weighted by Gasteiger charge is -2.28. The van der Waals surface area contributed by atoms with E-state index < -0.39 is 23.5 Å². The van der Waals surface area contributed by atoms with Crippen molar-refractivity contribution < 1.29 is 22.8 Å². The molecule has 1 aliphatic carbocycles. The average Bonchev–Trinajstić information content (AvgIpc) is 3.43. The van der Waals surface area contributed by atoms with Gasteiger partial charge in [-0.05, 0) is 30.9 Å². The van der Waals surface area contributed by atoms with Crippen molar-refractivity contribution in [1.29, 1.82) is 0 Å². The number of nitrogens with two attached hydrogens (primary N) is 1. The number of aromatic nitrogens is 2. The minimum absolute atomic E-state index is 0.0559. The highest BCUT2D eigenvalue weighted by molar-refractivity contribution is 5.97. The molecule has 1 fully saturated rings. The van der Waals surface area contributed by atoms with Crippen LogP contribution in [0.4, 0.5) is 13.2 Å². The number of carbonyl (C=O) groups is 2. The molecule has 1 aliphatic heterocycles. The molecule has 2 aromatic rings. The maximum Gasteiger partial charge on any atom is 0.224 e. The Bertz CT molecular complexity index is 971. The average molecular weight is 406 g/mol. The molecule has 0 spiro atoms. The number of Topliss-reactive ketones (excluding diaryl/α,β-unsaturated/α-hetero) is 1. The number of nitrogens with zero attached hydrogens (tertiary/aromatic N) is 3. The van der Waals surface area contributed by atoms with Crippen molar-refractivity contribution in [3.63, 3.8) is 0 Å². The van der Waals surface area contributed by atoms with E-state index in [1.54, 1.807) is 11.1 Å². The number of halogens is 3. The van der Waals surface area contributed by atoms with Gasteiger partial charge < -0.3 is 15.2 Å². The molecule has 2 N–H and O–H groups in total. The number of ketones is 1. The van der Waals surface area contributed by atoms with E-state index in [1.807, 2.05) is 4.57 Å². The summed E-state index contributed by atoms with van der Waals surface area (Å²) in [7, 11) is 0. The quantitative estimate of drug-likeness (QED) is 0.589. The second kappa shape index (κ2) is 7.62. The van der Waals surface area contributed by atoms with Gasteiger partial charge in [0, 0.05) is 43.7 Å². The molecule has 1 atom stereocenters. The predicted molar refractivity (Wildman–Crippen MR) is 97.3 cm³/mol. The number of amides is 1. The van der Waals surface area contributed by atoms with Crippen molar-refractivity contribution in [3.05, 3.63) is 52.9 Å². The summed E-state index contributed by atoms with van der Waals surface area (Å²) < 4.78 is 42.0. The van der Waals surface area contributed by atoms with Gasteiger partial charge in [-0.1, -0.05) is 0 Å². The Morgan fingerprint density at radius 2 is 1.86 bits per heavy atom. The molecule has 4 rings (SSSR count). The zero-order valence-electron chi connectivity index (χ0n) is 15.7. The summed E-state index contributed by atoms with van der Waals surface area (Å²) in [6.07, 6.45) is 3.41. The summed E-state index contributed by atoms with van der Waals surface area (Å²) >= 11 is 0. The normalized spacial score (nSPS) is 17.2. The molecule has 6 nitrogen and oxygen atoms in total. The van der Waals surface area contributed by atoms with Crippen LogP contribution >= 0.6 is 0 Å². The van der Waals surface area contributed by atoms with Gasteiger partial charge in [-0.3, -0.25) is 9.59 Å². The summed E-state index contributed by atoms with van der Waals surface area (Å²) in [6.45, 7) is 1.24. The third-order valence-electron chi connectivity index (χ3n) is 5.36. The van der Waals surface area contributed by atoms with Crippen molar-refractivity contribution in [2.24, 2.45) is 11.7 Å². The smallest absolute Gasteiger partial charge is 0.224 e. The number of hydrogen-bond donors (Lipinski definition) is 1. The third kappa shape index (κ3) is 4.19. The Balaban J connectivity index is 1.37. The lowest BCUT2D eigenvalue weighted by Crippen LogP contribution is -2.41. The van der Waals surface area contributed by atoms with Gasteiger partial charge in [0.05, 0.1) is 6.54 Å². The Hall–Kier alpha value is -2.68. The van der Waals surface area contributed by atoms with E-state index in [4.69, 9.17) is 5.73 Å². The first-order valence-corrected chi connectivity index (χ1v) is 9.59. The topological polar surface area (TPSA) is 81.2 Å². The highest BCUT2D eigenvalue weighted by Gasteiger charge is 2.33. The molecule has 1 aromatic carbocycles. The minimum Gasteiger partial charge on any atom is -0.333 e. The molecule has 2 aliphatic rings. The number of imidazole rings is 1. The van der Waals surface area contributed by atoms with E-state index >= 15 is 0 Å². The largest absolute Gasteiger partial charge is 0.333 e. The fourth-order valence-electron chi connectivity index (χ4n) is 3.57. The monoisotopic (exact) mass is 406 g/mol. The molecule has 1 amide bonds. The Labute approximate surface area is 165 Å². The van der Waals surface area contributed by atoms with E-state index in [1.165, 1.54) is 0 Å². The second-order valence-electron chi connectivity index (χ2n) is 7.72. The van der Waals surface area contributed by atoms with Crippen LogP contribution in [0.15, 0.2) is 18.3 Å². The van der Waals surface area contributed by atoms with E-state index in [0.717, 1.165) is 18.9 Å². The van der Waals surface area contributed by atoms with Gasteiger partial charge in [-0.25, -0.2) is 18.2 Å². The van der Waals surface area contributed by atoms with Crippen LogP contribution in [0, 0.1) is 23.4 Å². The molecule has 1 saturated carbocycles. The third-order valence-corrected chi connectivity index (χ3v) is 5.36. The highest BCUT2D eigenvalue weighted by Crippen LogP contribution is 2.32. The van der Waals surface area contributed by atoms with Gasteiger partial charge in [0.15, 0.2) is 17.4 Å². The van der Waals surface area contributed by atoms with Crippen molar-refractivity contribution in [1.82, 2.24) is 14.5 Å². The number of carbonyl (C=O) groups excluding carboxylic acids is 2. The fourth-order valence-corrected chi connectivity index (χ4v) is 3.57. The van der Waals surface area contributed by atoms with Crippen molar-refractivity contribution in [2.45, 2.75) is 44.8 Å². The molecule has 1 aromatic heterocycles. The number of rotatable bonds is 6. The number of benzene rings is 1. The first-order chi connectivity index (χ1) is 13.8. The molecule has 0 radical (unpaired) electrons. The van der Waals surface area contributed by atoms with Crippen LogP contribution in [-0.2, 0) is 24.3 Å². The zero-order chi connectivity index (χ0) is 20.7. The molecule has 0 saturated heterocycles. The molecule has 1 unspecified atom stereocenters. The van der Waals surface area contributed by atoms with Crippen molar-refractivity contribution in [3.8, 4) is 0 Å². The van der Waals surface area contributed by atoms with Gasteiger partial charge in [-0.2, -0.15) is 0 Å². The van der Waals surface area contributed by atoms with Crippen LogP contribution in [0.1, 0.15) is 41.1 Å². The first kappa shape index (κ1) is 19.6. The van der Waals surface area contributed by atoms with E-state index in [0.29, 0.717) is 30.7 Å². The summed E-state index contributed by atoms with van der Waals surface area (Å²) in [6, 6.07) is 0.505. The summed E-state index contributed by atoms with van der Waals surface area (Å²) in [5.41, 5.74) is 6.33. The molecule has 0 bridgehead atoms. The summed E-state index contributed by atoms with van der Waals surface area (Å²) in [5.74, 6) is -2.75. The zero-order valence-corrected chi connectivity index (χ0v) is 15.7. The summed E-state index contributed by atoms with van der Waals surface area (Å²) in [5, 5.41) is 0. The van der Waals surface area contributed by atoms with Gasteiger partial charge in [0.25, 0.3) is 0 Å². The highest BCUT2D eigenvalue weighted by atomic mass is 19.2. The van der Waals surface area contributed by atoms with Crippen molar-refractivity contribution in [2.75, 3.05) is 6.54 Å². The minimum atomic E-state index is -1.26. The van der Waals surface area contributed by atoms with Crippen LogP contribution in [0.3, 0.4) is 0 Å². The number of fused-ring (bicyclic) bond motifs is 1. The van der Waals surface area contributed by atoms with Crippen LogP contribution in [0.25, 0.3) is 0 Å². The van der Waals surface area contributed by atoms with Gasteiger partial charge in [-0.15, -0.1) is 0 Å². The molecule has 2 heterocycles. The Morgan fingerprint density at radius 1 is 1.14 bits per heavy atom. The van der Waals surface area contributed by atoms with E-state index in [-0.39, 0.29) is 42.6 Å². The molecule has 154 valence electrons. The van der Waals surface area contributed by atoms with Crippen LogP contribution < -0.4 is 5.73 Å². The van der Waals surface area contributed by atoms with Crippen molar-refractivity contribution >= 4 is 11.7 Å². The van der Waals surface area contributed by atoms with Crippen LogP contribution in [0.2, 0.25) is 0 Å². The summed E-state index contributed by atoms with van der Waals surface area (Å²) in [4.78, 5) is 30.7. The maximum atomic E-state index is 13.8. The molecular formula is C20H21F3N4O2. The second-order valence-corrected chi connectivity index (χ2v) is 7.72. The standard InChI is InChI=1S/C20H21F3N4O2/c21-14-8-16(23)15(22)6-12(14)5-13(24)7-19(28)27-4-3-26-9-17(25-18(26)10-27)20(29)11-1-2-11/h6,8-9,11,13H,1-5,7,10,24H2. The van der Waals surface area contributed by atoms with E-state index in [9.17, 15) is 22.8 Å². The Morgan fingerprint density at radius 3 is 2.59 bits per heavy atom. The first-order valence-electron chi connectivity index (χ1n) is 9.59. The van der Waals surface area contributed by atoms with Crippen LogP contribution in [-0.4, -0.2) is 38.7 Å². The molecular weight excluding hydrogens is 385 g/mol. The van der Waals surface area contributed by atoms with E-state index in [2.05, 4.69) is 4.98 Å². The maximum absolute atomic E-state index is 13.8. The van der Waals surface area contributed by atoms with Crippen LogP contribution in [0.5, 0.6) is 0 Å². The lowest BCUT2D eigenvalue weighted by molar-refractivity contribution is -0.133. The van der Waals surface area contributed by atoms with Gasteiger partial charge in [0.2, 0.25) is 5.91 Å².